The summed E-state index contributed by atoms with van der Waals surface area (Å²) in [5.41, 5.74) is 0. The maximum absolute atomic E-state index is 10.2. The molecule has 3 nitrogen and oxygen atoms in total. The maximum Gasteiger partial charge on any atom is 0.201 e. The average Bonchev–Trinajstić information content (AvgIpc) is 2.16. The van der Waals surface area contributed by atoms with Crippen molar-refractivity contribution in [2.24, 2.45) is 0 Å². The van der Waals surface area contributed by atoms with Crippen molar-refractivity contribution in [2.45, 2.75) is 0 Å². The van der Waals surface area contributed by atoms with Gasteiger partial charge in [0.15, 0.2) is 6.29 Å². The minimum absolute atomic E-state index is 0.110. The highest BCUT2D eigenvalue weighted by atomic mass is 16.5. The number of carbonyl (C=O) groups is 1. The lowest BCUT2D eigenvalue weighted by Gasteiger charge is -2.01. The van der Waals surface area contributed by atoms with Crippen LogP contribution in [0.15, 0.2) is 42.4 Å². The van der Waals surface area contributed by atoms with Crippen molar-refractivity contribution in [3.05, 3.63) is 42.4 Å². The lowest BCUT2D eigenvalue weighted by atomic mass is 10.3. The third-order valence-electron chi connectivity index (χ3n) is 1.22. The van der Waals surface area contributed by atoms with E-state index in [1.165, 1.54) is 0 Å². The first-order chi connectivity index (χ1) is 5.86. The predicted molar refractivity (Wildman–Crippen MR) is 43.8 cm³/mol. The maximum atomic E-state index is 10.2. The molecule has 1 rings (SSSR count). The number of hydrogen-bond acceptors (Lipinski definition) is 3. The molecule has 0 saturated heterocycles. The van der Waals surface area contributed by atoms with Gasteiger partial charge in [-0.2, -0.15) is 0 Å². The number of allylic oxidation sites excluding steroid dienone is 1. The van der Waals surface area contributed by atoms with Crippen LogP contribution in [0, 0.1) is 0 Å². The van der Waals surface area contributed by atoms with Crippen LogP contribution in [0.1, 0.15) is 0 Å². The average molecular weight is 164 g/mol. The molecular weight excluding hydrogens is 156 g/mol. The molecule has 0 heterocycles. The number of benzene rings is 1. The molecule has 0 aliphatic rings. The zero-order valence-electron chi connectivity index (χ0n) is 6.31. The highest BCUT2D eigenvalue weighted by Crippen LogP contribution is 2.10. The summed E-state index contributed by atoms with van der Waals surface area (Å²) in [6, 6.07) is 8.75. The van der Waals surface area contributed by atoms with Gasteiger partial charge in [0.05, 0.1) is 0 Å². The number of aldehydes is 1. The molecule has 12 heavy (non-hydrogen) atoms. The zero-order chi connectivity index (χ0) is 8.81. The Bertz CT molecular complexity index is 277. The Labute approximate surface area is 69.9 Å². The molecule has 62 valence electrons. The number of hydrogen-bond donors (Lipinski definition) is 1. The second-order valence-corrected chi connectivity index (χ2v) is 2.06. The van der Waals surface area contributed by atoms with E-state index >= 15 is 0 Å². The lowest BCUT2D eigenvalue weighted by molar-refractivity contribution is -0.106. The van der Waals surface area contributed by atoms with Gasteiger partial charge in [0.1, 0.15) is 12.0 Å². The summed E-state index contributed by atoms with van der Waals surface area (Å²) in [5, 5.41) is 8.47. The van der Waals surface area contributed by atoms with Crippen molar-refractivity contribution >= 4 is 6.29 Å². The Hall–Kier alpha value is -1.77. The fraction of sp³-hybridized carbons (Fsp3) is 0. The molecule has 0 saturated carbocycles. The summed E-state index contributed by atoms with van der Waals surface area (Å²) in [6.07, 6.45) is 1.06. The van der Waals surface area contributed by atoms with Crippen molar-refractivity contribution in [3.63, 3.8) is 0 Å². The van der Waals surface area contributed by atoms with Crippen LogP contribution < -0.4 is 4.74 Å². The fourth-order valence-corrected chi connectivity index (χ4v) is 0.705. The second kappa shape index (κ2) is 4.18. The molecule has 0 aromatic heterocycles. The van der Waals surface area contributed by atoms with Crippen LogP contribution in [0.4, 0.5) is 0 Å². The van der Waals surface area contributed by atoms with E-state index in [-0.39, 0.29) is 5.76 Å². The fourth-order valence-electron chi connectivity index (χ4n) is 0.705. The van der Waals surface area contributed by atoms with Gasteiger partial charge in [0, 0.05) is 0 Å². The molecule has 1 aromatic carbocycles. The van der Waals surface area contributed by atoms with E-state index in [0.29, 0.717) is 18.3 Å². The molecule has 0 radical (unpaired) electrons. The standard InChI is InChI=1S/C9H8O3/c10-6-9(7-11)12-8-4-2-1-3-5-8/h1-7,10H/b9-6+. The number of ether oxygens (including phenoxy) is 1. The molecule has 0 bridgehead atoms. The topological polar surface area (TPSA) is 46.5 Å². The Morgan fingerprint density at radius 1 is 1.33 bits per heavy atom. The van der Waals surface area contributed by atoms with Crippen LogP contribution in [-0.4, -0.2) is 11.4 Å². The first-order valence-electron chi connectivity index (χ1n) is 3.39. The van der Waals surface area contributed by atoms with Gasteiger partial charge < -0.3 is 9.84 Å². The minimum Gasteiger partial charge on any atom is -0.512 e. The summed E-state index contributed by atoms with van der Waals surface area (Å²) < 4.78 is 4.96. The Balaban J connectivity index is 2.70. The van der Waals surface area contributed by atoms with Crippen LogP contribution in [0.3, 0.4) is 0 Å². The number of aliphatic hydroxyl groups is 1. The normalized spacial score (nSPS) is 10.8. The van der Waals surface area contributed by atoms with Gasteiger partial charge in [0.25, 0.3) is 0 Å². The predicted octanol–water partition coefficient (Wildman–Crippen LogP) is 1.66. The van der Waals surface area contributed by atoms with E-state index in [4.69, 9.17) is 9.84 Å². The van der Waals surface area contributed by atoms with E-state index in [0.717, 1.165) is 0 Å². The van der Waals surface area contributed by atoms with Gasteiger partial charge in [0.2, 0.25) is 5.76 Å². The Morgan fingerprint density at radius 2 is 2.00 bits per heavy atom. The third kappa shape index (κ3) is 2.12. The van der Waals surface area contributed by atoms with Crippen molar-refractivity contribution in [3.8, 4) is 5.75 Å². The highest BCUT2D eigenvalue weighted by molar-refractivity contribution is 5.70. The van der Waals surface area contributed by atoms with Gasteiger partial charge in [-0.15, -0.1) is 0 Å². The van der Waals surface area contributed by atoms with E-state index in [2.05, 4.69) is 0 Å². The van der Waals surface area contributed by atoms with Crippen molar-refractivity contribution in [1.82, 2.24) is 0 Å². The van der Waals surface area contributed by atoms with Crippen LogP contribution in [0.25, 0.3) is 0 Å². The zero-order valence-corrected chi connectivity index (χ0v) is 6.31. The van der Waals surface area contributed by atoms with E-state index in [1.807, 2.05) is 6.07 Å². The Kier molecular flexibility index (Phi) is 2.90. The molecular formula is C9H8O3. The monoisotopic (exact) mass is 164 g/mol. The number of carbonyl (C=O) groups excluding carboxylic acids is 1. The van der Waals surface area contributed by atoms with E-state index in [1.54, 1.807) is 24.3 Å². The molecule has 0 atom stereocenters. The quantitative estimate of drug-likeness (QED) is 0.420. The second-order valence-electron chi connectivity index (χ2n) is 2.06. The minimum atomic E-state index is -0.110. The first-order valence-corrected chi connectivity index (χ1v) is 3.39. The largest absolute Gasteiger partial charge is 0.512 e. The summed E-state index contributed by atoms with van der Waals surface area (Å²) in [4.78, 5) is 10.2. The SMILES string of the molecule is O=C/C(=C\O)Oc1ccccc1. The molecule has 0 aliphatic carbocycles. The molecule has 0 fully saturated rings. The summed E-state index contributed by atoms with van der Waals surface area (Å²) in [7, 11) is 0. The van der Waals surface area contributed by atoms with Crippen LogP contribution in [-0.2, 0) is 4.79 Å². The Morgan fingerprint density at radius 3 is 2.50 bits per heavy atom. The van der Waals surface area contributed by atoms with Crippen molar-refractivity contribution < 1.29 is 14.6 Å². The molecule has 1 aromatic rings. The molecule has 3 heteroatoms. The van der Waals surface area contributed by atoms with Gasteiger partial charge in [-0.3, -0.25) is 4.79 Å². The summed E-state index contributed by atoms with van der Waals surface area (Å²) in [6.45, 7) is 0. The highest BCUT2D eigenvalue weighted by Gasteiger charge is 1.96. The van der Waals surface area contributed by atoms with Gasteiger partial charge in [-0.05, 0) is 12.1 Å². The molecule has 0 amide bonds. The van der Waals surface area contributed by atoms with Gasteiger partial charge >= 0.3 is 0 Å². The van der Waals surface area contributed by atoms with E-state index in [9.17, 15) is 4.79 Å². The third-order valence-corrected chi connectivity index (χ3v) is 1.22. The van der Waals surface area contributed by atoms with Crippen LogP contribution >= 0.6 is 0 Å². The summed E-state index contributed by atoms with van der Waals surface area (Å²) in [5.74, 6) is 0.408. The van der Waals surface area contributed by atoms with Crippen LogP contribution in [0.5, 0.6) is 5.75 Å². The lowest BCUT2D eigenvalue weighted by Crippen LogP contribution is -1.95. The van der Waals surface area contributed by atoms with E-state index < -0.39 is 0 Å². The van der Waals surface area contributed by atoms with Gasteiger partial charge in [-0.25, -0.2) is 0 Å². The van der Waals surface area contributed by atoms with Crippen LogP contribution in [0.2, 0.25) is 0 Å². The molecule has 0 spiro atoms. The molecule has 0 unspecified atom stereocenters. The van der Waals surface area contributed by atoms with Gasteiger partial charge in [-0.1, -0.05) is 18.2 Å². The summed E-state index contributed by atoms with van der Waals surface area (Å²) >= 11 is 0. The number of rotatable bonds is 3. The first kappa shape index (κ1) is 8.33. The molecule has 0 aliphatic heterocycles. The smallest absolute Gasteiger partial charge is 0.201 e. The number of para-hydroxylation sites is 1. The van der Waals surface area contributed by atoms with Crippen molar-refractivity contribution in [1.29, 1.82) is 0 Å². The number of aliphatic hydroxyl groups excluding tert-OH is 1. The van der Waals surface area contributed by atoms with Crippen molar-refractivity contribution in [2.75, 3.05) is 0 Å². The molecule has 1 N–H and O–H groups in total.